The molecule has 1 N–H and O–H groups in total. The highest BCUT2D eigenvalue weighted by molar-refractivity contribution is 6.05. The molecule has 0 unspecified atom stereocenters. The van der Waals surface area contributed by atoms with Crippen LogP contribution in [0, 0.1) is 13.8 Å². The molecule has 0 fully saturated rings. The number of aryl methyl sites for hydroxylation is 1. The van der Waals surface area contributed by atoms with Crippen LogP contribution in [0.25, 0.3) is 0 Å². The second kappa shape index (κ2) is 9.06. The smallest absolute Gasteiger partial charge is 0.196 e. The summed E-state index contributed by atoms with van der Waals surface area (Å²) in [7, 11) is 5.16. The monoisotopic (exact) mass is 386 g/mol. The molecule has 2 aromatic rings. The zero-order chi connectivity index (χ0) is 21.0. The number of ether oxygens (including phenoxy) is 2. The van der Waals surface area contributed by atoms with Gasteiger partial charge in [-0.05, 0) is 64.4 Å². The first-order chi connectivity index (χ1) is 13.2. The summed E-state index contributed by atoms with van der Waals surface area (Å²) in [4.78, 5) is 29.9. The standard InChI is InChI=1S/C22H30N2O4/c1-13-20(16(4)25)14(2)23-21(13)22(26)15(3)24(5)11-10-17-8-9-18(27-6)19(12-17)28-7/h8-9,12,15,23H,10-11H2,1-7H3/t15-/m0/s1. The summed E-state index contributed by atoms with van der Waals surface area (Å²) < 4.78 is 10.6. The number of aromatic nitrogens is 1. The van der Waals surface area contributed by atoms with Crippen molar-refractivity contribution >= 4 is 11.6 Å². The van der Waals surface area contributed by atoms with E-state index in [1.165, 1.54) is 6.92 Å². The Labute approximate surface area is 166 Å². The molecular formula is C22H30N2O4. The highest BCUT2D eigenvalue weighted by Gasteiger charge is 2.25. The van der Waals surface area contributed by atoms with Crippen molar-refractivity contribution in [2.45, 2.75) is 40.2 Å². The van der Waals surface area contributed by atoms with Gasteiger partial charge in [0.15, 0.2) is 23.1 Å². The van der Waals surface area contributed by atoms with Crippen LogP contribution in [0.2, 0.25) is 0 Å². The van der Waals surface area contributed by atoms with Crippen LogP contribution in [0.1, 0.15) is 51.5 Å². The lowest BCUT2D eigenvalue weighted by Gasteiger charge is -2.23. The molecule has 0 aliphatic heterocycles. The van der Waals surface area contributed by atoms with Crippen molar-refractivity contribution in [3.8, 4) is 11.5 Å². The Balaban J connectivity index is 2.09. The minimum absolute atomic E-state index is 0.0112. The lowest BCUT2D eigenvalue weighted by Crippen LogP contribution is -2.37. The van der Waals surface area contributed by atoms with Gasteiger partial charge in [0.25, 0.3) is 0 Å². The SMILES string of the molecule is COc1ccc(CCN(C)[C@@H](C)C(=O)c2[nH]c(C)c(C(C)=O)c2C)cc1OC. The van der Waals surface area contributed by atoms with Crippen LogP contribution >= 0.6 is 0 Å². The Hall–Kier alpha value is -2.60. The van der Waals surface area contributed by atoms with Crippen molar-refractivity contribution in [3.05, 3.63) is 46.3 Å². The van der Waals surface area contributed by atoms with Gasteiger partial charge in [0.05, 0.1) is 26.0 Å². The maximum atomic E-state index is 13.0. The fourth-order valence-electron chi connectivity index (χ4n) is 3.47. The molecule has 28 heavy (non-hydrogen) atoms. The van der Waals surface area contributed by atoms with Gasteiger partial charge >= 0.3 is 0 Å². The van der Waals surface area contributed by atoms with Crippen LogP contribution in [0.15, 0.2) is 18.2 Å². The fraction of sp³-hybridized carbons (Fsp3) is 0.455. The fourth-order valence-corrected chi connectivity index (χ4v) is 3.47. The lowest BCUT2D eigenvalue weighted by atomic mass is 10.0. The molecule has 0 spiro atoms. The van der Waals surface area contributed by atoms with E-state index in [2.05, 4.69) is 4.98 Å². The third-order valence-electron chi connectivity index (χ3n) is 5.28. The number of carbonyl (C=O) groups excluding carboxylic acids is 2. The third-order valence-corrected chi connectivity index (χ3v) is 5.28. The molecule has 6 heteroatoms. The lowest BCUT2D eigenvalue weighted by molar-refractivity contribution is 0.0864. The largest absolute Gasteiger partial charge is 0.493 e. The minimum atomic E-state index is -0.309. The predicted molar refractivity (Wildman–Crippen MR) is 110 cm³/mol. The van der Waals surface area contributed by atoms with E-state index in [0.717, 1.165) is 23.2 Å². The number of methoxy groups -OCH3 is 2. The number of Topliss-reactive ketones (excluding diaryl/α,β-unsaturated/α-hetero) is 2. The average Bonchev–Trinajstić information content (AvgIpc) is 2.98. The summed E-state index contributed by atoms with van der Waals surface area (Å²) in [5.41, 5.74) is 3.72. The number of carbonyl (C=O) groups is 2. The van der Waals surface area contributed by atoms with Gasteiger partial charge in [-0.15, -0.1) is 0 Å². The van der Waals surface area contributed by atoms with E-state index < -0.39 is 0 Å². The topological polar surface area (TPSA) is 71.6 Å². The molecule has 0 aliphatic rings. The first-order valence-corrected chi connectivity index (χ1v) is 9.36. The Morgan fingerprint density at radius 1 is 1.14 bits per heavy atom. The highest BCUT2D eigenvalue weighted by atomic mass is 16.5. The maximum Gasteiger partial charge on any atom is 0.196 e. The molecule has 0 saturated carbocycles. The van der Waals surface area contributed by atoms with E-state index in [9.17, 15) is 9.59 Å². The third kappa shape index (κ3) is 4.44. The summed E-state index contributed by atoms with van der Waals surface area (Å²) in [5.74, 6) is 1.35. The van der Waals surface area contributed by atoms with E-state index in [0.29, 0.717) is 29.3 Å². The molecule has 0 saturated heterocycles. The number of hydrogen-bond acceptors (Lipinski definition) is 5. The number of nitrogens with one attached hydrogen (secondary N) is 1. The van der Waals surface area contributed by atoms with Crippen molar-refractivity contribution in [1.82, 2.24) is 9.88 Å². The van der Waals surface area contributed by atoms with Gasteiger partial charge in [-0.3, -0.25) is 14.5 Å². The zero-order valence-corrected chi connectivity index (χ0v) is 17.8. The summed E-state index contributed by atoms with van der Waals surface area (Å²) in [6, 6.07) is 5.53. The number of aromatic amines is 1. The van der Waals surface area contributed by atoms with Gasteiger partial charge in [-0.1, -0.05) is 6.07 Å². The summed E-state index contributed by atoms with van der Waals surface area (Å²) in [6.45, 7) is 7.77. The normalized spacial score (nSPS) is 12.1. The molecule has 1 atom stereocenters. The van der Waals surface area contributed by atoms with E-state index in [4.69, 9.17) is 9.47 Å². The molecule has 0 aliphatic carbocycles. The van der Waals surface area contributed by atoms with E-state index in [1.807, 2.05) is 50.9 Å². The molecule has 1 aromatic heterocycles. The Bertz CT molecular complexity index is 870. The quantitative estimate of drug-likeness (QED) is 0.667. The minimum Gasteiger partial charge on any atom is -0.493 e. The molecule has 152 valence electrons. The van der Waals surface area contributed by atoms with Crippen LogP contribution in [0.4, 0.5) is 0 Å². The van der Waals surface area contributed by atoms with Gasteiger partial charge in [-0.2, -0.15) is 0 Å². The van der Waals surface area contributed by atoms with Crippen LogP contribution in [-0.2, 0) is 6.42 Å². The van der Waals surface area contributed by atoms with Gasteiger partial charge in [0.1, 0.15) is 0 Å². The molecular weight excluding hydrogens is 356 g/mol. The summed E-state index contributed by atoms with van der Waals surface area (Å²) >= 11 is 0. The van der Waals surface area contributed by atoms with E-state index >= 15 is 0 Å². The van der Waals surface area contributed by atoms with Gasteiger partial charge in [-0.25, -0.2) is 0 Å². The first-order valence-electron chi connectivity index (χ1n) is 9.36. The number of benzene rings is 1. The number of hydrogen-bond donors (Lipinski definition) is 1. The maximum absolute atomic E-state index is 13.0. The number of rotatable bonds is 9. The molecule has 6 nitrogen and oxygen atoms in total. The highest BCUT2D eigenvalue weighted by Crippen LogP contribution is 2.28. The average molecular weight is 386 g/mol. The van der Waals surface area contributed by atoms with E-state index in [-0.39, 0.29) is 17.6 Å². The first kappa shape index (κ1) is 21.7. The number of H-pyrrole nitrogens is 1. The zero-order valence-electron chi connectivity index (χ0n) is 17.8. The molecule has 0 bridgehead atoms. The van der Waals surface area contributed by atoms with Crippen LogP contribution in [0.3, 0.4) is 0 Å². The summed E-state index contributed by atoms with van der Waals surface area (Å²) in [5, 5.41) is 0. The van der Waals surface area contributed by atoms with Crippen molar-refractivity contribution < 1.29 is 19.1 Å². The van der Waals surface area contributed by atoms with Crippen molar-refractivity contribution in [2.75, 3.05) is 27.8 Å². The van der Waals surface area contributed by atoms with E-state index in [1.54, 1.807) is 14.2 Å². The second-order valence-corrected chi connectivity index (χ2v) is 7.14. The van der Waals surface area contributed by atoms with Gasteiger partial charge in [0.2, 0.25) is 0 Å². The number of nitrogens with zero attached hydrogens (tertiary/aromatic N) is 1. The molecule has 0 radical (unpaired) electrons. The van der Waals surface area contributed by atoms with Crippen LogP contribution in [-0.4, -0.2) is 55.3 Å². The number of likely N-dealkylation sites (N-methyl/N-ethyl adjacent to an activating group) is 1. The molecule has 0 amide bonds. The Morgan fingerprint density at radius 3 is 2.32 bits per heavy atom. The van der Waals surface area contributed by atoms with Crippen LogP contribution < -0.4 is 9.47 Å². The molecule has 1 aromatic carbocycles. The number of ketones is 2. The second-order valence-electron chi connectivity index (χ2n) is 7.14. The van der Waals surface area contributed by atoms with Crippen molar-refractivity contribution in [3.63, 3.8) is 0 Å². The van der Waals surface area contributed by atoms with Crippen molar-refractivity contribution in [1.29, 1.82) is 0 Å². The van der Waals surface area contributed by atoms with Gasteiger partial charge in [0, 0.05) is 17.8 Å². The molecule has 2 rings (SSSR count). The van der Waals surface area contributed by atoms with Crippen molar-refractivity contribution in [2.24, 2.45) is 0 Å². The molecule has 1 heterocycles. The van der Waals surface area contributed by atoms with Gasteiger partial charge < -0.3 is 14.5 Å². The predicted octanol–water partition coefficient (Wildman–Crippen LogP) is 3.60. The van der Waals surface area contributed by atoms with Crippen LogP contribution in [0.5, 0.6) is 11.5 Å². The Kier molecular flexibility index (Phi) is 7.02. The Morgan fingerprint density at radius 2 is 1.79 bits per heavy atom. The summed E-state index contributed by atoms with van der Waals surface area (Å²) in [6.07, 6.45) is 0.774.